The monoisotopic (exact) mass is 421 g/mol. The van der Waals surface area contributed by atoms with Crippen molar-refractivity contribution in [3.63, 3.8) is 0 Å². The van der Waals surface area contributed by atoms with E-state index in [1.165, 1.54) is 11.8 Å². The van der Waals surface area contributed by atoms with Crippen molar-refractivity contribution in [2.75, 3.05) is 18.2 Å². The fraction of sp³-hybridized carbons (Fsp3) is 0.136. The van der Waals surface area contributed by atoms with Gasteiger partial charge in [0, 0.05) is 17.0 Å². The number of nitrogens with one attached hydrogen (secondary N) is 1. The normalized spacial score (nSPS) is 13.0. The van der Waals surface area contributed by atoms with E-state index < -0.39 is 0 Å². The average molecular weight is 422 g/mol. The fourth-order valence-electron chi connectivity index (χ4n) is 2.84. The number of carbonyl (C=O) groups is 1. The van der Waals surface area contributed by atoms with Gasteiger partial charge in [0.2, 0.25) is 5.91 Å². The van der Waals surface area contributed by atoms with E-state index in [2.05, 4.69) is 11.4 Å². The van der Waals surface area contributed by atoms with Crippen LogP contribution in [0, 0.1) is 0 Å². The quantitative estimate of drug-likeness (QED) is 0.576. The Labute approximate surface area is 177 Å². The van der Waals surface area contributed by atoms with Gasteiger partial charge in [-0.05, 0) is 47.8 Å². The van der Waals surface area contributed by atoms with E-state index in [9.17, 15) is 4.79 Å². The number of methoxy groups -OCH3 is 1. The van der Waals surface area contributed by atoms with Gasteiger partial charge < -0.3 is 10.1 Å². The number of hydrogen-bond acceptors (Lipinski definition) is 6. The standard InChI is InChI=1S/C22H19N3O2S2/c1-27-16-10-8-15(9-11-16)23-21(26)14-29-22-13-19(20-7-4-12-28-20)24-17-5-2-3-6-18(17)25-22/h2-12H,13-14H2,1H3,(H,23,26). The minimum atomic E-state index is -0.0741. The summed E-state index contributed by atoms with van der Waals surface area (Å²) in [6.07, 6.45) is 0.607. The molecule has 0 spiro atoms. The van der Waals surface area contributed by atoms with Gasteiger partial charge in [-0.1, -0.05) is 18.2 Å². The number of carbonyl (C=O) groups excluding carboxylic acids is 1. The molecule has 3 aromatic rings. The van der Waals surface area contributed by atoms with Crippen LogP contribution in [0.25, 0.3) is 0 Å². The van der Waals surface area contributed by atoms with E-state index in [0.717, 1.165) is 38.4 Å². The molecule has 2 heterocycles. The van der Waals surface area contributed by atoms with Crippen LogP contribution in [0.1, 0.15) is 11.3 Å². The number of benzene rings is 2. The predicted octanol–water partition coefficient (Wildman–Crippen LogP) is 5.68. The molecule has 1 amide bonds. The van der Waals surface area contributed by atoms with Gasteiger partial charge in [0.05, 0.1) is 35.0 Å². The van der Waals surface area contributed by atoms with Gasteiger partial charge in [-0.2, -0.15) is 0 Å². The summed E-state index contributed by atoms with van der Waals surface area (Å²) in [4.78, 5) is 23.1. The topological polar surface area (TPSA) is 63.0 Å². The van der Waals surface area contributed by atoms with Crippen LogP contribution in [-0.4, -0.2) is 29.5 Å². The van der Waals surface area contributed by atoms with E-state index in [1.807, 2.05) is 60.0 Å². The van der Waals surface area contributed by atoms with Crippen LogP contribution in [0.15, 0.2) is 76.0 Å². The maximum absolute atomic E-state index is 12.4. The number of thioether (sulfide) groups is 1. The Morgan fingerprint density at radius 3 is 2.52 bits per heavy atom. The van der Waals surface area contributed by atoms with Gasteiger partial charge in [0.25, 0.3) is 0 Å². The zero-order valence-corrected chi connectivity index (χ0v) is 17.4. The molecule has 2 aromatic carbocycles. The van der Waals surface area contributed by atoms with Crippen LogP contribution in [0.2, 0.25) is 0 Å². The van der Waals surface area contributed by atoms with E-state index >= 15 is 0 Å². The van der Waals surface area contributed by atoms with Crippen LogP contribution >= 0.6 is 23.1 Å². The lowest BCUT2D eigenvalue weighted by Crippen LogP contribution is -2.16. The SMILES string of the molecule is COc1ccc(NC(=O)CSC2=Nc3ccccc3N=C(c3cccs3)C2)cc1. The number of nitrogens with zero attached hydrogens (tertiary/aromatic N) is 2. The number of thiophene rings is 1. The highest BCUT2D eigenvalue weighted by molar-refractivity contribution is 8.14. The van der Waals surface area contributed by atoms with Gasteiger partial charge >= 0.3 is 0 Å². The Bertz CT molecular complexity index is 1060. The number of aliphatic imine (C=N–C) groups is 2. The molecule has 0 fully saturated rings. The van der Waals surface area contributed by atoms with Crippen molar-refractivity contribution in [3.05, 3.63) is 70.9 Å². The van der Waals surface area contributed by atoms with E-state index in [1.54, 1.807) is 18.4 Å². The number of ether oxygens (including phenoxy) is 1. The molecule has 1 aliphatic rings. The molecule has 0 aliphatic carbocycles. The molecule has 5 nitrogen and oxygen atoms in total. The second-order valence-electron chi connectivity index (χ2n) is 6.27. The van der Waals surface area contributed by atoms with Crippen LogP contribution in [-0.2, 0) is 4.79 Å². The number of anilines is 1. The third kappa shape index (κ3) is 4.93. The number of para-hydroxylation sites is 2. The second-order valence-corrected chi connectivity index (χ2v) is 8.27. The predicted molar refractivity (Wildman–Crippen MR) is 123 cm³/mol. The van der Waals surface area contributed by atoms with Crippen molar-refractivity contribution in [3.8, 4) is 5.75 Å². The summed E-state index contributed by atoms with van der Waals surface area (Å²) >= 11 is 3.11. The van der Waals surface area contributed by atoms with Crippen molar-refractivity contribution < 1.29 is 9.53 Å². The zero-order valence-electron chi connectivity index (χ0n) is 15.8. The molecule has 0 bridgehead atoms. The molecule has 1 aromatic heterocycles. The number of hydrogen-bond donors (Lipinski definition) is 1. The summed E-state index contributed by atoms with van der Waals surface area (Å²) in [5.41, 5.74) is 3.41. The lowest BCUT2D eigenvalue weighted by atomic mass is 10.2. The Morgan fingerprint density at radius 1 is 1.07 bits per heavy atom. The molecular formula is C22H19N3O2S2. The average Bonchev–Trinajstić information content (AvgIpc) is 3.21. The van der Waals surface area contributed by atoms with E-state index in [4.69, 9.17) is 14.7 Å². The van der Waals surface area contributed by atoms with Crippen LogP contribution in [0.5, 0.6) is 5.75 Å². The fourth-order valence-corrected chi connectivity index (χ4v) is 4.33. The first-order chi connectivity index (χ1) is 14.2. The Balaban J connectivity index is 1.47. The highest BCUT2D eigenvalue weighted by Crippen LogP contribution is 2.34. The molecule has 7 heteroatoms. The minimum absolute atomic E-state index is 0.0741. The second kappa shape index (κ2) is 9.07. The number of fused-ring (bicyclic) bond motifs is 1. The Morgan fingerprint density at radius 2 is 1.83 bits per heavy atom. The van der Waals surface area contributed by atoms with Gasteiger partial charge in [-0.25, -0.2) is 9.98 Å². The summed E-state index contributed by atoms with van der Waals surface area (Å²) in [6.45, 7) is 0. The molecular weight excluding hydrogens is 402 g/mol. The largest absolute Gasteiger partial charge is 0.497 e. The highest BCUT2D eigenvalue weighted by atomic mass is 32.2. The first-order valence-corrected chi connectivity index (χ1v) is 10.9. The van der Waals surface area contributed by atoms with Crippen LogP contribution in [0.3, 0.4) is 0 Å². The molecule has 1 aliphatic heterocycles. The Hall–Kier alpha value is -2.90. The van der Waals surface area contributed by atoms with Crippen molar-refractivity contribution in [2.24, 2.45) is 9.98 Å². The van der Waals surface area contributed by atoms with Crippen molar-refractivity contribution in [1.82, 2.24) is 0 Å². The summed E-state index contributed by atoms with van der Waals surface area (Å²) in [7, 11) is 1.61. The minimum Gasteiger partial charge on any atom is -0.497 e. The van der Waals surface area contributed by atoms with Gasteiger partial charge in [0.15, 0.2) is 0 Å². The summed E-state index contributed by atoms with van der Waals surface area (Å²) in [6, 6.07) is 19.2. The number of amides is 1. The molecule has 29 heavy (non-hydrogen) atoms. The van der Waals surface area contributed by atoms with Crippen molar-refractivity contribution >= 4 is 56.8 Å². The molecule has 4 rings (SSSR count). The van der Waals surface area contributed by atoms with Crippen LogP contribution in [0.4, 0.5) is 17.1 Å². The lowest BCUT2D eigenvalue weighted by Gasteiger charge is -2.08. The smallest absolute Gasteiger partial charge is 0.234 e. The molecule has 146 valence electrons. The molecule has 0 saturated heterocycles. The Kier molecular flexibility index (Phi) is 6.07. The maximum atomic E-state index is 12.4. The van der Waals surface area contributed by atoms with Crippen molar-refractivity contribution in [2.45, 2.75) is 6.42 Å². The van der Waals surface area contributed by atoms with Crippen molar-refractivity contribution in [1.29, 1.82) is 0 Å². The molecule has 0 saturated carbocycles. The van der Waals surface area contributed by atoms with E-state index in [-0.39, 0.29) is 11.7 Å². The zero-order chi connectivity index (χ0) is 20.1. The lowest BCUT2D eigenvalue weighted by molar-refractivity contribution is -0.113. The highest BCUT2D eigenvalue weighted by Gasteiger charge is 2.17. The third-order valence-electron chi connectivity index (χ3n) is 4.25. The molecule has 0 atom stereocenters. The maximum Gasteiger partial charge on any atom is 0.234 e. The first-order valence-electron chi connectivity index (χ1n) is 9.06. The van der Waals surface area contributed by atoms with Gasteiger partial charge in [-0.3, -0.25) is 4.79 Å². The van der Waals surface area contributed by atoms with E-state index in [0.29, 0.717) is 6.42 Å². The molecule has 0 radical (unpaired) electrons. The summed E-state index contributed by atoms with van der Waals surface area (Å²) in [5, 5.41) is 5.83. The first kappa shape index (κ1) is 19.4. The molecule has 0 unspecified atom stereocenters. The third-order valence-corrected chi connectivity index (χ3v) is 6.14. The van der Waals surface area contributed by atoms with Gasteiger partial charge in [-0.15, -0.1) is 23.1 Å². The van der Waals surface area contributed by atoms with Crippen LogP contribution < -0.4 is 10.1 Å². The summed E-state index contributed by atoms with van der Waals surface area (Å²) in [5.74, 6) is 0.962. The number of rotatable bonds is 5. The van der Waals surface area contributed by atoms with Gasteiger partial charge in [0.1, 0.15) is 5.75 Å². The molecule has 1 N–H and O–H groups in total. The summed E-state index contributed by atoms with van der Waals surface area (Å²) < 4.78 is 5.14.